The summed E-state index contributed by atoms with van der Waals surface area (Å²) in [5, 5.41) is 14.2. The highest BCUT2D eigenvalue weighted by molar-refractivity contribution is 6.31. The van der Waals surface area contributed by atoms with E-state index < -0.39 is 18.0 Å². The zero-order valence-corrected chi connectivity index (χ0v) is 18.2. The fraction of sp³-hybridized carbons (Fsp3) is 0.238. The minimum absolute atomic E-state index is 0.0242. The van der Waals surface area contributed by atoms with Crippen LogP contribution in [-0.4, -0.2) is 68.9 Å². The number of fused-ring (bicyclic) bond motifs is 1. The Morgan fingerprint density at radius 1 is 1.36 bits per heavy atom. The number of halogens is 2. The van der Waals surface area contributed by atoms with Crippen molar-refractivity contribution in [3.63, 3.8) is 0 Å². The largest absolute Gasteiger partial charge is 0.494 e. The van der Waals surface area contributed by atoms with Crippen LogP contribution < -0.4 is 5.32 Å². The number of methoxy groups -OCH3 is 1. The molecule has 33 heavy (non-hydrogen) atoms. The van der Waals surface area contributed by atoms with Gasteiger partial charge in [-0.2, -0.15) is 0 Å². The molecule has 4 rings (SSSR count). The zero-order valence-electron chi connectivity index (χ0n) is 17.5. The first kappa shape index (κ1) is 22.5. The van der Waals surface area contributed by atoms with E-state index in [0.29, 0.717) is 21.6 Å². The number of H-pyrrole nitrogens is 1. The third-order valence-corrected chi connectivity index (χ3v) is 5.03. The van der Waals surface area contributed by atoms with E-state index in [9.17, 15) is 14.3 Å². The van der Waals surface area contributed by atoms with Crippen molar-refractivity contribution >= 4 is 34.5 Å². The lowest BCUT2D eigenvalue weighted by molar-refractivity contribution is 0.0618. The summed E-state index contributed by atoms with van der Waals surface area (Å²) in [6, 6.07) is 1.06. The molecule has 0 saturated carbocycles. The van der Waals surface area contributed by atoms with Gasteiger partial charge in [0.25, 0.3) is 0 Å². The molecular formula is C21H20ClFN6O4. The van der Waals surface area contributed by atoms with Gasteiger partial charge in [0.15, 0.2) is 23.3 Å². The SMILES string of the molecule is COCCOC(=O)N1C(O)=CC=C[C@H]1CNc1nc(-c2c[nH]c3ncc(Cl)cc23)ncc1F. The number of aliphatic hydroxyl groups excluding tert-OH is 1. The molecule has 4 heterocycles. The van der Waals surface area contributed by atoms with Crippen LogP contribution >= 0.6 is 11.6 Å². The second-order valence-corrected chi connectivity index (χ2v) is 7.41. The van der Waals surface area contributed by atoms with Gasteiger partial charge in [0.1, 0.15) is 12.3 Å². The van der Waals surface area contributed by atoms with Gasteiger partial charge in [-0.25, -0.2) is 29.0 Å². The summed E-state index contributed by atoms with van der Waals surface area (Å²) < 4.78 is 24.4. The lowest BCUT2D eigenvalue weighted by atomic mass is 10.2. The van der Waals surface area contributed by atoms with Crippen LogP contribution in [0.25, 0.3) is 22.4 Å². The van der Waals surface area contributed by atoms with E-state index in [1.54, 1.807) is 24.4 Å². The molecule has 0 unspecified atom stereocenters. The summed E-state index contributed by atoms with van der Waals surface area (Å²) in [6.45, 7) is 0.283. The van der Waals surface area contributed by atoms with E-state index in [-0.39, 0.29) is 37.3 Å². The highest BCUT2D eigenvalue weighted by Gasteiger charge is 2.29. The van der Waals surface area contributed by atoms with Gasteiger partial charge in [0, 0.05) is 37.0 Å². The highest BCUT2D eigenvalue weighted by Crippen LogP contribution is 2.28. The second-order valence-electron chi connectivity index (χ2n) is 6.98. The van der Waals surface area contributed by atoms with Crippen LogP contribution in [0.4, 0.5) is 15.0 Å². The second kappa shape index (κ2) is 9.84. The van der Waals surface area contributed by atoms with Gasteiger partial charge in [-0.1, -0.05) is 23.8 Å². The molecule has 1 aliphatic rings. The Morgan fingerprint density at radius 3 is 3.03 bits per heavy atom. The van der Waals surface area contributed by atoms with Crippen LogP contribution in [0, 0.1) is 5.82 Å². The molecule has 3 aromatic heterocycles. The Hall–Kier alpha value is -3.70. The van der Waals surface area contributed by atoms with Crippen molar-refractivity contribution < 1.29 is 23.8 Å². The van der Waals surface area contributed by atoms with Crippen LogP contribution in [0.2, 0.25) is 5.02 Å². The number of nitrogens with one attached hydrogen (secondary N) is 2. The Kier molecular flexibility index (Phi) is 6.71. The summed E-state index contributed by atoms with van der Waals surface area (Å²) in [5.41, 5.74) is 1.19. The maximum Gasteiger partial charge on any atom is 0.417 e. The predicted octanol–water partition coefficient (Wildman–Crippen LogP) is 3.65. The van der Waals surface area contributed by atoms with Gasteiger partial charge in [0.05, 0.1) is 23.9 Å². The average molecular weight is 475 g/mol. The molecule has 10 nitrogen and oxygen atoms in total. The normalized spacial score (nSPS) is 15.5. The number of aromatic amines is 1. The van der Waals surface area contributed by atoms with Crippen molar-refractivity contribution in [3.8, 4) is 11.4 Å². The third kappa shape index (κ3) is 4.89. The van der Waals surface area contributed by atoms with Crippen molar-refractivity contribution in [1.29, 1.82) is 0 Å². The molecular weight excluding hydrogens is 455 g/mol. The number of allylic oxidation sites excluding steroid dienone is 2. The summed E-state index contributed by atoms with van der Waals surface area (Å²) >= 11 is 6.05. The third-order valence-electron chi connectivity index (χ3n) is 4.83. The van der Waals surface area contributed by atoms with Gasteiger partial charge < -0.3 is 24.9 Å². The molecule has 1 atom stereocenters. The van der Waals surface area contributed by atoms with Crippen LogP contribution in [-0.2, 0) is 9.47 Å². The number of ether oxygens (including phenoxy) is 2. The number of carbonyl (C=O) groups excluding carboxylic acids is 1. The minimum atomic E-state index is -0.760. The highest BCUT2D eigenvalue weighted by atomic mass is 35.5. The fourth-order valence-electron chi connectivity index (χ4n) is 3.26. The van der Waals surface area contributed by atoms with Crippen LogP contribution in [0.15, 0.2) is 48.8 Å². The Morgan fingerprint density at radius 2 is 2.21 bits per heavy atom. The van der Waals surface area contributed by atoms with Gasteiger partial charge in [-0.05, 0) is 12.1 Å². The number of amides is 1. The van der Waals surface area contributed by atoms with Crippen molar-refractivity contribution in [2.75, 3.05) is 32.2 Å². The van der Waals surface area contributed by atoms with Crippen molar-refractivity contribution in [2.45, 2.75) is 6.04 Å². The van der Waals surface area contributed by atoms with Crippen LogP contribution in [0.5, 0.6) is 0 Å². The molecule has 172 valence electrons. The van der Waals surface area contributed by atoms with Gasteiger partial charge in [0.2, 0.25) is 0 Å². The van der Waals surface area contributed by atoms with Gasteiger partial charge in [-0.3, -0.25) is 0 Å². The average Bonchev–Trinajstić information content (AvgIpc) is 3.21. The standard InChI is InChI=1S/C21H20ClFN6O4/c1-32-5-6-33-21(31)29-13(3-2-4-17(29)30)9-25-20-16(23)11-27-19(28-20)15-10-26-18-14(15)7-12(22)8-24-18/h2-4,7-8,10-11,13,30H,5-6,9H2,1H3,(H,24,26)(H,25,27,28)/t13-/m0/s1. The lowest BCUT2D eigenvalue weighted by Gasteiger charge is -2.30. The van der Waals surface area contributed by atoms with Gasteiger partial charge >= 0.3 is 6.09 Å². The van der Waals surface area contributed by atoms with E-state index in [1.807, 2.05) is 0 Å². The number of anilines is 1. The molecule has 1 aliphatic heterocycles. The molecule has 0 saturated heterocycles. The molecule has 3 aromatic rings. The molecule has 1 amide bonds. The van der Waals surface area contributed by atoms with Gasteiger partial charge in [-0.15, -0.1) is 0 Å². The zero-order chi connectivity index (χ0) is 23.4. The molecule has 0 fully saturated rings. The van der Waals surface area contributed by atoms with Crippen molar-refractivity contribution in [2.24, 2.45) is 0 Å². The van der Waals surface area contributed by atoms with Crippen molar-refractivity contribution in [3.05, 3.63) is 59.6 Å². The predicted molar refractivity (Wildman–Crippen MR) is 119 cm³/mol. The summed E-state index contributed by atoms with van der Waals surface area (Å²) in [5.74, 6) is -0.784. The molecule has 3 N–H and O–H groups in total. The Labute approximate surface area is 192 Å². The van der Waals surface area contributed by atoms with Crippen molar-refractivity contribution in [1.82, 2.24) is 24.8 Å². The minimum Gasteiger partial charge on any atom is -0.494 e. The van der Waals surface area contributed by atoms with Crippen LogP contribution in [0.1, 0.15) is 0 Å². The lowest BCUT2D eigenvalue weighted by Crippen LogP contribution is -2.44. The molecule has 0 aliphatic carbocycles. The number of hydrogen-bond acceptors (Lipinski definition) is 8. The summed E-state index contributed by atoms with van der Waals surface area (Å²) in [7, 11) is 1.48. The smallest absolute Gasteiger partial charge is 0.417 e. The monoisotopic (exact) mass is 474 g/mol. The van der Waals surface area contributed by atoms with E-state index >= 15 is 0 Å². The first-order chi connectivity index (χ1) is 16.0. The number of nitrogens with zero attached hydrogens (tertiary/aromatic N) is 4. The molecule has 12 heteroatoms. The van der Waals surface area contributed by atoms with E-state index in [0.717, 1.165) is 11.1 Å². The van der Waals surface area contributed by atoms with Crippen LogP contribution in [0.3, 0.4) is 0 Å². The first-order valence-electron chi connectivity index (χ1n) is 9.89. The first-order valence-corrected chi connectivity index (χ1v) is 10.3. The number of rotatable bonds is 7. The Balaban J connectivity index is 1.53. The molecule has 0 radical (unpaired) electrons. The quantitative estimate of drug-likeness (QED) is 0.443. The number of aromatic nitrogens is 4. The van der Waals surface area contributed by atoms with E-state index in [2.05, 4.69) is 25.3 Å². The Bertz CT molecular complexity index is 1230. The topological polar surface area (TPSA) is 125 Å². The number of carbonyl (C=O) groups is 1. The van der Waals surface area contributed by atoms with E-state index in [1.165, 1.54) is 19.4 Å². The number of pyridine rings is 1. The van der Waals surface area contributed by atoms with E-state index in [4.69, 9.17) is 21.1 Å². The summed E-state index contributed by atoms with van der Waals surface area (Å²) in [6.07, 6.45) is 8.07. The number of aliphatic hydroxyl groups is 1. The number of hydrogen-bond donors (Lipinski definition) is 3. The molecule has 0 spiro atoms. The maximum absolute atomic E-state index is 14.5. The fourth-order valence-corrected chi connectivity index (χ4v) is 3.42. The summed E-state index contributed by atoms with van der Waals surface area (Å²) in [4.78, 5) is 29.0. The molecule has 0 bridgehead atoms. The maximum atomic E-state index is 14.5. The molecule has 0 aromatic carbocycles.